The second-order valence-corrected chi connectivity index (χ2v) is 6.08. The molecule has 102 valence electrons. The fourth-order valence-corrected chi connectivity index (χ4v) is 2.25. The molecule has 0 saturated heterocycles. The van der Waals surface area contributed by atoms with Gasteiger partial charge in [0.15, 0.2) is 0 Å². The van der Waals surface area contributed by atoms with Gasteiger partial charge in [0, 0.05) is 23.1 Å². The van der Waals surface area contributed by atoms with E-state index < -0.39 is 0 Å². The Morgan fingerprint density at radius 2 is 1.94 bits per heavy atom. The Morgan fingerprint density at radius 1 is 1.28 bits per heavy atom. The van der Waals surface area contributed by atoms with Crippen LogP contribution >= 0.6 is 39.1 Å². The number of ether oxygens (including phenoxy) is 1. The Morgan fingerprint density at radius 3 is 2.50 bits per heavy atom. The first kappa shape index (κ1) is 16.1. The van der Waals surface area contributed by atoms with Crippen LogP contribution in [0.2, 0.25) is 10.0 Å². The largest absolute Gasteiger partial charge is 0.487 e. The molecular formula is C13H18BrCl2NO. The molecule has 1 aromatic carbocycles. The van der Waals surface area contributed by atoms with Crippen molar-refractivity contribution in [3.05, 3.63) is 26.7 Å². The molecule has 1 atom stereocenters. The summed E-state index contributed by atoms with van der Waals surface area (Å²) < 4.78 is 6.65. The molecule has 1 rings (SSSR count). The standard InChI is InChI=1S/C13H18BrCl2NO/c1-4-9(7-17-8(2)3)18-13-6-11(15)10(14)5-12(13)16/h5-6,8-9,17H,4,7H2,1-3H3. The highest BCUT2D eigenvalue weighted by molar-refractivity contribution is 9.10. The van der Waals surface area contributed by atoms with Crippen molar-refractivity contribution >= 4 is 39.1 Å². The van der Waals surface area contributed by atoms with Gasteiger partial charge in [-0.25, -0.2) is 0 Å². The number of rotatable bonds is 6. The number of nitrogens with one attached hydrogen (secondary N) is 1. The number of hydrogen-bond donors (Lipinski definition) is 1. The summed E-state index contributed by atoms with van der Waals surface area (Å²) in [5, 5.41) is 4.51. The molecule has 1 aromatic rings. The smallest absolute Gasteiger partial charge is 0.139 e. The van der Waals surface area contributed by atoms with Crippen molar-refractivity contribution in [1.82, 2.24) is 5.32 Å². The molecule has 1 N–H and O–H groups in total. The third kappa shape index (κ3) is 4.96. The molecule has 0 bridgehead atoms. The maximum absolute atomic E-state index is 6.13. The van der Waals surface area contributed by atoms with E-state index in [1.807, 2.05) is 0 Å². The fraction of sp³-hybridized carbons (Fsp3) is 0.538. The minimum absolute atomic E-state index is 0.0853. The summed E-state index contributed by atoms with van der Waals surface area (Å²) in [5.74, 6) is 0.627. The molecule has 0 aromatic heterocycles. The molecule has 0 saturated carbocycles. The van der Waals surface area contributed by atoms with E-state index >= 15 is 0 Å². The van der Waals surface area contributed by atoms with Gasteiger partial charge in [0.2, 0.25) is 0 Å². The van der Waals surface area contributed by atoms with Crippen LogP contribution in [0, 0.1) is 0 Å². The number of benzene rings is 1. The molecule has 2 nitrogen and oxygen atoms in total. The molecule has 5 heteroatoms. The van der Waals surface area contributed by atoms with Crippen molar-refractivity contribution in [2.24, 2.45) is 0 Å². The first-order valence-electron chi connectivity index (χ1n) is 5.98. The summed E-state index contributed by atoms with van der Waals surface area (Å²) in [6.07, 6.45) is 0.992. The van der Waals surface area contributed by atoms with E-state index in [0.29, 0.717) is 21.8 Å². The van der Waals surface area contributed by atoms with Crippen molar-refractivity contribution in [2.75, 3.05) is 6.54 Å². The summed E-state index contributed by atoms with van der Waals surface area (Å²) >= 11 is 15.5. The molecule has 18 heavy (non-hydrogen) atoms. The fourth-order valence-electron chi connectivity index (χ4n) is 1.41. The zero-order valence-electron chi connectivity index (χ0n) is 10.8. The Bertz CT molecular complexity index is 399. The number of hydrogen-bond acceptors (Lipinski definition) is 2. The van der Waals surface area contributed by atoms with E-state index in [1.54, 1.807) is 12.1 Å². The predicted molar refractivity (Wildman–Crippen MR) is 82.0 cm³/mol. The molecule has 0 fully saturated rings. The maximum atomic E-state index is 6.13. The van der Waals surface area contributed by atoms with Gasteiger partial charge in [-0.3, -0.25) is 0 Å². The van der Waals surface area contributed by atoms with Crippen molar-refractivity contribution in [1.29, 1.82) is 0 Å². The Hall–Kier alpha value is 0.0400. The Labute approximate surface area is 127 Å². The quantitative estimate of drug-likeness (QED) is 0.732. The molecule has 0 radical (unpaired) electrons. The van der Waals surface area contributed by atoms with E-state index in [9.17, 15) is 0 Å². The van der Waals surface area contributed by atoms with Gasteiger partial charge in [0.25, 0.3) is 0 Å². The Kier molecular flexibility index (Phi) is 6.78. The van der Waals surface area contributed by atoms with E-state index in [-0.39, 0.29) is 6.10 Å². The first-order valence-corrected chi connectivity index (χ1v) is 7.53. The van der Waals surface area contributed by atoms with Gasteiger partial charge in [0.1, 0.15) is 11.9 Å². The van der Waals surface area contributed by atoms with E-state index in [4.69, 9.17) is 27.9 Å². The lowest BCUT2D eigenvalue weighted by Crippen LogP contribution is -2.34. The zero-order chi connectivity index (χ0) is 13.7. The predicted octanol–water partition coefficient (Wildman–Crippen LogP) is 4.91. The highest BCUT2D eigenvalue weighted by atomic mass is 79.9. The highest BCUT2D eigenvalue weighted by Gasteiger charge is 2.13. The minimum atomic E-state index is 0.0853. The summed E-state index contributed by atoms with van der Waals surface area (Å²) in [6, 6.07) is 3.93. The van der Waals surface area contributed by atoms with Gasteiger partial charge in [0.05, 0.1) is 10.0 Å². The average molecular weight is 355 g/mol. The Balaban J connectivity index is 2.72. The van der Waals surface area contributed by atoms with Crippen molar-refractivity contribution < 1.29 is 4.74 Å². The topological polar surface area (TPSA) is 21.3 Å². The van der Waals surface area contributed by atoms with Crippen LogP contribution in [-0.4, -0.2) is 18.7 Å². The monoisotopic (exact) mass is 353 g/mol. The summed E-state index contributed by atoms with van der Waals surface area (Å²) in [7, 11) is 0. The molecule has 0 aliphatic heterocycles. The van der Waals surface area contributed by atoms with Crippen LogP contribution in [0.15, 0.2) is 16.6 Å². The average Bonchev–Trinajstić information content (AvgIpc) is 2.30. The van der Waals surface area contributed by atoms with Crippen LogP contribution in [0.4, 0.5) is 0 Å². The van der Waals surface area contributed by atoms with Crippen molar-refractivity contribution in [2.45, 2.75) is 39.3 Å². The second-order valence-electron chi connectivity index (χ2n) is 4.41. The molecule has 0 spiro atoms. The zero-order valence-corrected chi connectivity index (χ0v) is 13.9. The van der Waals surface area contributed by atoms with Gasteiger partial charge in [-0.05, 0) is 28.4 Å². The first-order chi connectivity index (χ1) is 8.43. The molecular weight excluding hydrogens is 337 g/mol. The number of halogens is 3. The maximum Gasteiger partial charge on any atom is 0.139 e. The lowest BCUT2D eigenvalue weighted by Gasteiger charge is -2.20. The summed E-state index contributed by atoms with van der Waals surface area (Å²) in [5.41, 5.74) is 0. The third-order valence-corrected chi connectivity index (χ3v) is 3.97. The highest BCUT2D eigenvalue weighted by Crippen LogP contribution is 2.34. The van der Waals surface area contributed by atoms with E-state index in [2.05, 4.69) is 42.0 Å². The molecule has 1 unspecified atom stereocenters. The van der Waals surface area contributed by atoms with Crippen molar-refractivity contribution in [3.8, 4) is 5.75 Å². The molecule has 0 aliphatic rings. The summed E-state index contributed by atoms with van der Waals surface area (Å²) in [4.78, 5) is 0. The lowest BCUT2D eigenvalue weighted by atomic mass is 10.2. The molecule has 0 amide bonds. The minimum Gasteiger partial charge on any atom is -0.487 e. The summed E-state index contributed by atoms with van der Waals surface area (Å²) in [6.45, 7) is 7.09. The van der Waals surface area contributed by atoms with Crippen molar-refractivity contribution in [3.63, 3.8) is 0 Å². The normalized spacial score (nSPS) is 12.8. The van der Waals surface area contributed by atoms with Gasteiger partial charge in [-0.1, -0.05) is 44.0 Å². The third-order valence-electron chi connectivity index (χ3n) is 2.48. The molecule has 0 heterocycles. The van der Waals surface area contributed by atoms with Crippen LogP contribution < -0.4 is 10.1 Å². The van der Waals surface area contributed by atoms with Crippen LogP contribution in [0.5, 0.6) is 5.75 Å². The van der Waals surface area contributed by atoms with Gasteiger partial charge >= 0.3 is 0 Å². The second kappa shape index (κ2) is 7.59. The van der Waals surface area contributed by atoms with Crippen LogP contribution in [0.1, 0.15) is 27.2 Å². The molecule has 0 aliphatic carbocycles. The van der Waals surface area contributed by atoms with Gasteiger partial charge < -0.3 is 10.1 Å². The van der Waals surface area contributed by atoms with Crippen LogP contribution in [0.25, 0.3) is 0 Å². The van der Waals surface area contributed by atoms with Gasteiger partial charge in [-0.15, -0.1) is 0 Å². The van der Waals surface area contributed by atoms with E-state index in [0.717, 1.165) is 17.4 Å². The van der Waals surface area contributed by atoms with Gasteiger partial charge in [-0.2, -0.15) is 0 Å². The van der Waals surface area contributed by atoms with E-state index in [1.165, 1.54) is 0 Å². The lowest BCUT2D eigenvalue weighted by molar-refractivity contribution is 0.190. The van der Waals surface area contributed by atoms with Crippen LogP contribution in [0.3, 0.4) is 0 Å². The SMILES string of the molecule is CCC(CNC(C)C)Oc1cc(Cl)c(Br)cc1Cl. The van der Waals surface area contributed by atoms with Crippen LogP contribution in [-0.2, 0) is 0 Å².